The molecule has 0 aliphatic heterocycles. The molecule has 3 atom stereocenters. The van der Waals surface area contributed by atoms with Crippen LogP contribution in [0.2, 0.25) is 0 Å². The minimum absolute atomic E-state index is 0. The van der Waals surface area contributed by atoms with Crippen LogP contribution >= 0.6 is 0 Å². The molecule has 0 aliphatic carbocycles. The fourth-order valence-electron chi connectivity index (χ4n) is 1.10. The molecule has 7 nitrogen and oxygen atoms in total. The molecule has 0 aromatic heterocycles. The molecule has 9 heteroatoms. The van der Waals surface area contributed by atoms with Crippen LogP contribution in [0.15, 0.2) is 0 Å². The molecule has 0 spiro atoms. The minimum Gasteiger partial charge on any atom is -0.400 e. The van der Waals surface area contributed by atoms with E-state index < -0.39 is 9.05 Å². The van der Waals surface area contributed by atoms with Gasteiger partial charge in [-0.2, -0.15) is 0 Å². The number of aliphatic hydroxyl groups excluding tert-OH is 3. The fourth-order valence-corrected chi connectivity index (χ4v) is 3.29. The van der Waals surface area contributed by atoms with Gasteiger partial charge in [0.15, 0.2) is 0 Å². The molecular weight excluding hydrogens is 368 g/mol. The first-order valence-electron chi connectivity index (χ1n) is 7.96. The summed E-state index contributed by atoms with van der Waals surface area (Å²) in [5.74, 6) is 0. The van der Waals surface area contributed by atoms with Gasteiger partial charge >= 0.3 is 9.05 Å². The summed E-state index contributed by atoms with van der Waals surface area (Å²) in [5.41, 5.74) is 0. The summed E-state index contributed by atoms with van der Waals surface area (Å²) in [6.45, 7) is 11.8. The Bertz CT molecular complexity index is 183. The van der Waals surface area contributed by atoms with Gasteiger partial charge in [-0.05, 0) is 40.0 Å². The first kappa shape index (κ1) is 35.7. The molecule has 0 rings (SSSR count). The summed E-state index contributed by atoms with van der Waals surface area (Å²) in [4.78, 5) is 10.4. The molecule has 0 radical (unpaired) electrons. The quantitative estimate of drug-likeness (QED) is 0.430. The van der Waals surface area contributed by atoms with E-state index in [4.69, 9.17) is 28.6 Å². The Balaban J connectivity index is -0.000000153. The van der Waals surface area contributed by atoms with Crippen LogP contribution in [0.5, 0.6) is 0 Å². The van der Waals surface area contributed by atoms with Gasteiger partial charge in [0, 0.05) is 61.4 Å². The Morgan fingerprint density at radius 2 is 0.792 bits per heavy atom. The SMILES string of the molecule is CCC(C)O[Si](O)(OC(C)CC)OC(C)CC.CO.CO.CO.[Ti]. The summed E-state index contributed by atoms with van der Waals surface area (Å²) in [7, 11) is -0.502. The van der Waals surface area contributed by atoms with E-state index in [9.17, 15) is 4.80 Å². The number of aliphatic hydroxyl groups is 3. The Labute approximate surface area is 164 Å². The van der Waals surface area contributed by atoms with E-state index in [1.807, 2.05) is 41.5 Å². The molecule has 0 aromatic carbocycles. The zero-order chi connectivity index (χ0) is 19.5. The van der Waals surface area contributed by atoms with E-state index in [-0.39, 0.29) is 40.0 Å². The topological polar surface area (TPSA) is 109 Å². The van der Waals surface area contributed by atoms with Crippen molar-refractivity contribution in [3.8, 4) is 0 Å². The molecule has 0 aromatic rings. The van der Waals surface area contributed by atoms with Crippen molar-refractivity contribution in [3.05, 3.63) is 0 Å². The van der Waals surface area contributed by atoms with Crippen LogP contribution in [0.25, 0.3) is 0 Å². The molecule has 150 valence electrons. The van der Waals surface area contributed by atoms with Gasteiger partial charge in [0.2, 0.25) is 0 Å². The van der Waals surface area contributed by atoms with Crippen molar-refractivity contribution in [1.82, 2.24) is 0 Å². The third-order valence-electron chi connectivity index (χ3n) is 2.78. The molecule has 0 fully saturated rings. The summed E-state index contributed by atoms with van der Waals surface area (Å²) in [5, 5.41) is 21.0. The van der Waals surface area contributed by atoms with Gasteiger partial charge in [0.1, 0.15) is 0 Å². The number of hydrogen-bond donors (Lipinski definition) is 4. The van der Waals surface area contributed by atoms with Gasteiger partial charge in [-0.3, -0.25) is 0 Å². The monoisotopic (exact) mass is 408 g/mol. The molecule has 0 aliphatic rings. The van der Waals surface area contributed by atoms with Gasteiger partial charge < -0.3 is 33.4 Å². The normalized spacial score (nSPS) is 15.4. The summed E-state index contributed by atoms with van der Waals surface area (Å²) < 4.78 is 16.7. The average Bonchev–Trinajstić information content (AvgIpc) is 2.59. The fraction of sp³-hybridized carbons (Fsp3) is 1.00. The molecule has 24 heavy (non-hydrogen) atoms. The second-order valence-electron chi connectivity index (χ2n) is 4.53. The van der Waals surface area contributed by atoms with Crippen molar-refractivity contribution >= 4 is 9.05 Å². The van der Waals surface area contributed by atoms with Crippen molar-refractivity contribution in [2.75, 3.05) is 21.3 Å². The molecule has 0 heterocycles. The van der Waals surface area contributed by atoms with E-state index in [2.05, 4.69) is 0 Å². The van der Waals surface area contributed by atoms with Crippen LogP contribution in [-0.4, -0.2) is 68.8 Å². The molecule has 0 saturated carbocycles. The zero-order valence-corrected chi connectivity index (χ0v) is 19.4. The summed E-state index contributed by atoms with van der Waals surface area (Å²) in [6, 6.07) is 0. The average molecular weight is 408 g/mol. The van der Waals surface area contributed by atoms with Crippen molar-refractivity contribution in [2.45, 2.75) is 79.1 Å². The van der Waals surface area contributed by atoms with Crippen LogP contribution in [0.1, 0.15) is 60.8 Å². The smallest absolute Gasteiger partial charge is 0.400 e. The molecule has 4 N–H and O–H groups in total. The second-order valence-corrected chi connectivity index (χ2v) is 6.29. The van der Waals surface area contributed by atoms with E-state index >= 15 is 0 Å². The van der Waals surface area contributed by atoms with Crippen LogP contribution in [-0.2, 0) is 35.0 Å². The first-order chi connectivity index (χ1) is 10.9. The van der Waals surface area contributed by atoms with E-state index in [0.717, 1.165) is 40.6 Å². The largest absolute Gasteiger partial charge is 0.677 e. The third kappa shape index (κ3) is 22.7. The van der Waals surface area contributed by atoms with Gasteiger partial charge in [0.05, 0.1) is 0 Å². The summed E-state index contributed by atoms with van der Waals surface area (Å²) in [6.07, 6.45) is 2.30. The molecule has 0 saturated heterocycles. The maximum atomic E-state index is 10.4. The standard InChI is InChI=1S/C12H28O4Si.3CH4O.Ti/c1-7-10(4)14-17(13,15-11(5)8-2)16-12(6)9-3;3*1-2;/h10-13H,7-9H2,1-6H3;3*2H,1H3;. The van der Waals surface area contributed by atoms with Gasteiger partial charge in [-0.15, -0.1) is 0 Å². The Kier molecular flexibility index (Phi) is 38.5. The Hall–Kier alpha value is 0.651. The maximum absolute atomic E-state index is 10.4. The third-order valence-corrected chi connectivity index (χ3v) is 4.88. The van der Waals surface area contributed by atoms with Crippen molar-refractivity contribution < 1.29 is 55.1 Å². The zero-order valence-electron chi connectivity index (χ0n) is 16.9. The molecular formula is C15H40O7SiTi. The first-order valence-corrected chi connectivity index (χ1v) is 9.63. The minimum atomic E-state index is -3.50. The van der Waals surface area contributed by atoms with Gasteiger partial charge in [0.25, 0.3) is 0 Å². The van der Waals surface area contributed by atoms with Crippen LogP contribution in [0.4, 0.5) is 0 Å². The molecule has 3 unspecified atom stereocenters. The predicted molar refractivity (Wildman–Crippen MR) is 94.9 cm³/mol. The van der Waals surface area contributed by atoms with E-state index in [1.165, 1.54) is 0 Å². The van der Waals surface area contributed by atoms with Crippen molar-refractivity contribution in [1.29, 1.82) is 0 Å². The number of hydrogen-bond acceptors (Lipinski definition) is 7. The van der Waals surface area contributed by atoms with Gasteiger partial charge in [-0.25, -0.2) is 0 Å². The van der Waals surface area contributed by atoms with Crippen LogP contribution < -0.4 is 0 Å². The van der Waals surface area contributed by atoms with E-state index in [1.54, 1.807) is 0 Å². The Morgan fingerprint density at radius 1 is 0.625 bits per heavy atom. The van der Waals surface area contributed by atoms with Crippen LogP contribution in [0.3, 0.4) is 0 Å². The molecule has 0 bridgehead atoms. The predicted octanol–water partition coefficient (Wildman–Crippen LogP) is 1.68. The van der Waals surface area contributed by atoms with Crippen LogP contribution in [0, 0.1) is 0 Å². The van der Waals surface area contributed by atoms with Crippen molar-refractivity contribution in [2.24, 2.45) is 0 Å². The van der Waals surface area contributed by atoms with E-state index in [0.29, 0.717) is 0 Å². The van der Waals surface area contributed by atoms with Crippen molar-refractivity contribution in [3.63, 3.8) is 0 Å². The number of rotatable bonds is 9. The maximum Gasteiger partial charge on any atom is 0.677 e. The molecule has 0 amide bonds. The summed E-state index contributed by atoms with van der Waals surface area (Å²) >= 11 is 0. The van der Waals surface area contributed by atoms with Gasteiger partial charge in [-0.1, -0.05) is 20.8 Å². The second kappa shape index (κ2) is 25.9. The Morgan fingerprint density at radius 3 is 0.917 bits per heavy atom.